The Balaban J connectivity index is 2.70. The van der Waals surface area contributed by atoms with Gasteiger partial charge >= 0.3 is 0 Å². The molecule has 0 aliphatic rings. The Morgan fingerprint density at radius 2 is 2.06 bits per heavy atom. The Labute approximate surface area is 95.2 Å². The molecule has 0 spiro atoms. The van der Waals surface area contributed by atoms with Gasteiger partial charge in [0.15, 0.2) is 11.6 Å². The van der Waals surface area contributed by atoms with Gasteiger partial charge in [-0.3, -0.25) is 0 Å². The van der Waals surface area contributed by atoms with Crippen LogP contribution in [-0.2, 0) is 6.42 Å². The summed E-state index contributed by atoms with van der Waals surface area (Å²) in [6, 6.07) is 4.24. The normalized spacial score (nSPS) is 12.5. The van der Waals surface area contributed by atoms with E-state index < -0.39 is 11.6 Å². The zero-order chi connectivity index (χ0) is 12.1. The summed E-state index contributed by atoms with van der Waals surface area (Å²) in [7, 11) is 1.85. The minimum atomic E-state index is -0.801. The third-order valence-electron chi connectivity index (χ3n) is 2.47. The van der Waals surface area contributed by atoms with Crippen LogP contribution in [0.1, 0.15) is 18.9 Å². The van der Waals surface area contributed by atoms with Gasteiger partial charge in [0.25, 0.3) is 0 Å². The van der Waals surface area contributed by atoms with E-state index in [0.29, 0.717) is 6.42 Å². The van der Waals surface area contributed by atoms with Crippen LogP contribution in [0.2, 0.25) is 0 Å². The van der Waals surface area contributed by atoms with E-state index in [4.69, 9.17) is 0 Å². The molecule has 0 fully saturated rings. The molecule has 1 nitrogen and oxygen atoms in total. The Hall–Kier alpha value is -1.22. The maximum Gasteiger partial charge on any atom is 0.159 e. The van der Waals surface area contributed by atoms with Crippen LogP contribution in [0.15, 0.2) is 30.4 Å². The van der Waals surface area contributed by atoms with Crippen LogP contribution in [0.25, 0.3) is 0 Å². The average molecular weight is 225 g/mol. The van der Waals surface area contributed by atoms with E-state index >= 15 is 0 Å². The molecule has 0 aliphatic heterocycles. The van der Waals surface area contributed by atoms with Crippen LogP contribution in [0.4, 0.5) is 8.78 Å². The third-order valence-corrected chi connectivity index (χ3v) is 2.47. The number of rotatable bonds is 5. The number of halogens is 2. The Morgan fingerprint density at radius 1 is 1.38 bits per heavy atom. The Kier molecular flexibility index (Phi) is 4.62. The Bertz CT molecular complexity index is 374. The standard InChI is InChI=1S/C13H17F2N/c1-9(2)6-11(16-3)7-10-4-5-12(14)13(15)8-10/h4-5,8,11,16H,1,6-7H2,2-3H3. The molecule has 1 aromatic rings. The predicted octanol–water partition coefficient (Wildman–Crippen LogP) is 3.06. The highest BCUT2D eigenvalue weighted by Crippen LogP contribution is 2.13. The van der Waals surface area contributed by atoms with E-state index in [1.165, 1.54) is 6.07 Å². The molecule has 16 heavy (non-hydrogen) atoms. The lowest BCUT2D eigenvalue weighted by Crippen LogP contribution is -2.27. The Morgan fingerprint density at radius 3 is 2.56 bits per heavy atom. The monoisotopic (exact) mass is 225 g/mol. The molecule has 0 aromatic heterocycles. The lowest BCUT2D eigenvalue weighted by molar-refractivity contribution is 0.503. The number of nitrogens with one attached hydrogen (secondary N) is 1. The van der Waals surface area contributed by atoms with Crippen LogP contribution in [0.5, 0.6) is 0 Å². The maximum atomic E-state index is 13.0. The van der Waals surface area contributed by atoms with Gasteiger partial charge in [0.05, 0.1) is 0 Å². The van der Waals surface area contributed by atoms with Crippen molar-refractivity contribution in [3.63, 3.8) is 0 Å². The molecule has 0 heterocycles. The van der Waals surface area contributed by atoms with Crippen molar-refractivity contribution in [3.8, 4) is 0 Å². The first-order chi connectivity index (χ1) is 7.52. The second-order valence-corrected chi connectivity index (χ2v) is 4.10. The first-order valence-electron chi connectivity index (χ1n) is 5.28. The average Bonchev–Trinajstić information content (AvgIpc) is 2.22. The molecule has 0 radical (unpaired) electrons. The molecule has 1 atom stereocenters. The van der Waals surface area contributed by atoms with Crippen molar-refractivity contribution in [1.29, 1.82) is 0 Å². The number of likely N-dealkylation sites (N-methyl/N-ethyl adjacent to an activating group) is 1. The van der Waals surface area contributed by atoms with Crippen LogP contribution >= 0.6 is 0 Å². The largest absolute Gasteiger partial charge is 0.316 e. The SMILES string of the molecule is C=C(C)CC(Cc1ccc(F)c(F)c1)NC. The molecule has 0 bridgehead atoms. The van der Waals surface area contributed by atoms with Crippen LogP contribution in [0, 0.1) is 11.6 Å². The van der Waals surface area contributed by atoms with Crippen molar-refractivity contribution in [2.24, 2.45) is 0 Å². The fourth-order valence-electron chi connectivity index (χ4n) is 1.65. The first-order valence-corrected chi connectivity index (χ1v) is 5.28. The van der Waals surface area contributed by atoms with Crippen molar-refractivity contribution < 1.29 is 8.78 Å². The molecule has 0 saturated carbocycles. The van der Waals surface area contributed by atoms with Crippen molar-refractivity contribution in [3.05, 3.63) is 47.5 Å². The molecule has 0 aliphatic carbocycles. The van der Waals surface area contributed by atoms with Gasteiger partial charge in [0.1, 0.15) is 0 Å². The fourth-order valence-corrected chi connectivity index (χ4v) is 1.65. The zero-order valence-corrected chi connectivity index (χ0v) is 9.69. The summed E-state index contributed by atoms with van der Waals surface area (Å²) in [5.41, 5.74) is 1.86. The minimum Gasteiger partial charge on any atom is -0.316 e. The minimum absolute atomic E-state index is 0.211. The molecular weight excluding hydrogens is 208 g/mol. The van der Waals surface area contributed by atoms with Crippen molar-refractivity contribution >= 4 is 0 Å². The van der Waals surface area contributed by atoms with Gasteiger partial charge < -0.3 is 5.32 Å². The van der Waals surface area contributed by atoms with E-state index in [9.17, 15) is 8.78 Å². The highest BCUT2D eigenvalue weighted by molar-refractivity contribution is 5.19. The molecule has 0 saturated heterocycles. The van der Waals surface area contributed by atoms with Crippen molar-refractivity contribution in [1.82, 2.24) is 5.32 Å². The van der Waals surface area contributed by atoms with Crippen molar-refractivity contribution in [2.45, 2.75) is 25.8 Å². The van der Waals surface area contributed by atoms with Crippen LogP contribution in [-0.4, -0.2) is 13.1 Å². The van der Waals surface area contributed by atoms with E-state index in [-0.39, 0.29) is 6.04 Å². The highest BCUT2D eigenvalue weighted by Gasteiger charge is 2.09. The molecule has 1 rings (SSSR count). The third kappa shape index (κ3) is 3.74. The summed E-state index contributed by atoms with van der Waals surface area (Å²) in [4.78, 5) is 0. The second kappa shape index (κ2) is 5.75. The number of benzene rings is 1. The summed E-state index contributed by atoms with van der Waals surface area (Å²) in [6.07, 6.45) is 1.50. The fraction of sp³-hybridized carbons (Fsp3) is 0.385. The smallest absolute Gasteiger partial charge is 0.159 e. The van der Waals surface area contributed by atoms with Gasteiger partial charge in [-0.2, -0.15) is 0 Å². The molecule has 1 unspecified atom stereocenters. The van der Waals surface area contributed by atoms with Gasteiger partial charge in [-0.05, 0) is 44.5 Å². The lowest BCUT2D eigenvalue weighted by Gasteiger charge is -2.16. The topological polar surface area (TPSA) is 12.0 Å². The predicted molar refractivity (Wildman–Crippen MR) is 62.3 cm³/mol. The van der Waals surface area contributed by atoms with E-state index in [1.807, 2.05) is 14.0 Å². The van der Waals surface area contributed by atoms with Gasteiger partial charge in [-0.1, -0.05) is 11.6 Å². The van der Waals surface area contributed by atoms with Crippen molar-refractivity contribution in [2.75, 3.05) is 7.05 Å². The van der Waals surface area contributed by atoms with E-state index in [0.717, 1.165) is 23.6 Å². The molecule has 1 N–H and O–H groups in total. The molecule has 1 aromatic carbocycles. The summed E-state index contributed by atoms with van der Waals surface area (Å²) in [5.74, 6) is -1.59. The molecule has 88 valence electrons. The molecule has 0 amide bonds. The van der Waals surface area contributed by atoms with Gasteiger partial charge in [-0.15, -0.1) is 6.58 Å². The highest BCUT2D eigenvalue weighted by atomic mass is 19.2. The quantitative estimate of drug-likeness (QED) is 0.759. The van der Waals surface area contributed by atoms with E-state index in [2.05, 4.69) is 11.9 Å². The molecule has 3 heteroatoms. The lowest BCUT2D eigenvalue weighted by atomic mass is 10.0. The number of hydrogen-bond donors (Lipinski definition) is 1. The summed E-state index contributed by atoms with van der Waals surface area (Å²) in [5, 5.41) is 3.14. The van der Waals surface area contributed by atoms with Crippen LogP contribution in [0.3, 0.4) is 0 Å². The summed E-state index contributed by atoms with van der Waals surface area (Å²) < 4.78 is 25.7. The summed E-state index contributed by atoms with van der Waals surface area (Å²) >= 11 is 0. The molecular formula is C13H17F2N. The second-order valence-electron chi connectivity index (χ2n) is 4.10. The zero-order valence-electron chi connectivity index (χ0n) is 9.69. The summed E-state index contributed by atoms with van der Waals surface area (Å²) in [6.45, 7) is 5.80. The maximum absolute atomic E-state index is 13.0. The number of hydrogen-bond acceptors (Lipinski definition) is 1. The van der Waals surface area contributed by atoms with Gasteiger partial charge in [0.2, 0.25) is 0 Å². The first kappa shape index (κ1) is 12.8. The van der Waals surface area contributed by atoms with Gasteiger partial charge in [-0.25, -0.2) is 8.78 Å². The van der Waals surface area contributed by atoms with Crippen LogP contribution < -0.4 is 5.32 Å². The van der Waals surface area contributed by atoms with E-state index in [1.54, 1.807) is 6.07 Å². The van der Waals surface area contributed by atoms with Gasteiger partial charge in [0, 0.05) is 6.04 Å².